The van der Waals surface area contributed by atoms with Crippen LogP contribution in [0.5, 0.6) is 0 Å². The van der Waals surface area contributed by atoms with Gasteiger partial charge in [0.15, 0.2) is 0 Å². The van der Waals surface area contributed by atoms with Crippen molar-refractivity contribution in [3.05, 3.63) is 23.7 Å². The van der Waals surface area contributed by atoms with Crippen LogP contribution in [0.2, 0.25) is 0 Å². The number of rotatable bonds is 9. The molecule has 0 unspecified atom stereocenters. The minimum atomic E-state index is 0.482. The number of nitrogens with one attached hydrogen (secondary N) is 1. The van der Waals surface area contributed by atoms with E-state index in [2.05, 4.69) is 19.2 Å². The standard InChI is InChI=1S/C13H23NO3/c1-4-15-5-6-16-10-13-7-12(9-17-13)8-14-11(2)3/h7,9,11,14H,4-6,8,10H2,1-3H3. The largest absolute Gasteiger partial charge is 0.467 e. The number of ether oxygens (including phenoxy) is 2. The molecule has 0 aliphatic heterocycles. The topological polar surface area (TPSA) is 43.6 Å². The summed E-state index contributed by atoms with van der Waals surface area (Å²) in [5.74, 6) is 0.863. The molecule has 0 fully saturated rings. The second-order valence-electron chi connectivity index (χ2n) is 4.21. The summed E-state index contributed by atoms with van der Waals surface area (Å²) < 4.78 is 16.0. The first-order valence-electron chi connectivity index (χ1n) is 6.17. The van der Waals surface area contributed by atoms with E-state index in [1.165, 1.54) is 0 Å². The Morgan fingerprint density at radius 1 is 1.29 bits per heavy atom. The van der Waals surface area contributed by atoms with E-state index in [4.69, 9.17) is 13.9 Å². The molecule has 0 aliphatic carbocycles. The summed E-state index contributed by atoms with van der Waals surface area (Å²) in [6.07, 6.45) is 1.77. The highest BCUT2D eigenvalue weighted by atomic mass is 16.5. The quantitative estimate of drug-likeness (QED) is 0.674. The Morgan fingerprint density at radius 2 is 2.06 bits per heavy atom. The van der Waals surface area contributed by atoms with Crippen LogP contribution in [-0.4, -0.2) is 25.9 Å². The summed E-state index contributed by atoms with van der Waals surface area (Å²) in [5, 5.41) is 3.34. The van der Waals surface area contributed by atoms with Gasteiger partial charge in [-0.25, -0.2) is 0 Å². The number of furan rings is 1. The van der Waals surface area contributed by atoms with Crippen molar-refractivity contribution in [2.45, 2.75) is 40.0 Å². The van der Waals surface area contributed by atoms with Crippen molar-refractivity contribution in [1.82, 2.24) is 5.32 Å². The van der Waals surface area contributed by atoms with Crippen molar-refractivity contribution >= 4 is 0 Å². The zero-order valence-corrected chi connectivity index (χ0v) is 11.0. The van der Waals surface area contributed by atoms with Gasteiger partial charge >= 0.3 is 0 Å². The van der Waals surface area contributed by atoms with Crippen LogP contribution in [-0.2, 0) is 22.6 Å². The first-order valence-corrected chi connectivity index (χ1v) is 6.17. The summed E-state index contributed by atoms with van der Waals surface area (Å²) in [4.78, 5) is 0. The zero-order chi connectivity index (χ0) is 12.5. The van der Waals surface area contributed by atoms with Crippen molar-refractivity contribution in [3.8, 4) is 0 Å². The van der Waals surface area contributed by atoms with Gasteiger partial charge in [0.2, 0.25) is 0 Å². The van der Waals surface area contributed by atoms with E-state index in [0.717, 1.165) is 24.5 Å². The maximum absolute atomic E-state index is 5.42. The van der Waals surface area contributed by atoms with Gasteiger partial charge in [-0.3, -0.25) is 0 Å². The molecule has 1 N–H and O–H groups in total. The van der Waals surface area contributed by atoms with Crippen LogP contribution in [0, 0.1) is 0 Å². The maximum atomic E-state index is 5.42. The lowest BCUT2D eigenvalue weighted by atomic mass is 10.3. The van der Waals surface area contributed by atoms with Crippen molar-refractivity contribution in [3.63, 3.8) is 0 Å². The third-order valence-corrected chi connectivity index (χ3v) is 2.24. The zero-order valence-electron chi connectivity index (χ0n) is 11.0. The molecule has 0 aliphatic rings. The summed E-state index contributed by atoms with van der Waals surface area (Å²) >= 11 is 0. The van der Waals surface area contributed by atoms with E-state index >= 15 is 0 Å². The predicted octanol–water partition coefficient (Wildman–Crippen LogP) is 2.33. The fourth-order valence-corrected chi connectivity index (χ4v) is 1.35. The van der Waals surface area contributed by atoms with E-state index in [1.807, 2.05) is 13.0 Å². The van der Waals surface area contributed by atoms with E-state index in [1.54, 1.807) is 6.26 Å². The summed E-state index contributed by atoms with van der Waals surface area (Å²) in [6.45, 7) is 9.54. The van der Waals surface area contributed by atoms with Crippen molar-refractivity contribution in [2.75, 3.05) is 19.8 Å². The minimum absolute atomic E-state index is 0.482. The Morgan fingerprint density at radius 3 is 2.76 bits per heavy atom. The molecule has 1 aromatic heterocycles. The highest BCUT2D eigenvalue weighted by Crippen LogP contribution is 2.09. The lowest BCUT2D eigenvalue weighted by molar-refractivity contribution is 0.0390. The fraction of sp³-hybridized carbons (Fsp3) is 0.692. The molecule has 0 atom stereocenters. The molecule has 0 saturated heterocycles. The first-order chi connectivity index (χ1) is 8.22. The fourth-order valence-electron chi connectivity index (χ4n) is 1.35. The molecule has 0 aromatic carbocycles. The molecule has 4 heteroatoms. The van der Waals surface area contributed by atoms with Crippen LogP contribution < -0.4 is 5.32 Å². The lowest BCUT2D eigenvalue weighted by Gasteiger charge is -2.04. The monoisotopic (exact) mass is 241 g/mol. The SMILES string of the molecule is CCOCCOCc1cc(CNC(C)C)co1. The molecular weight excluding hydrogens is 218 g/mol. The Kier molecular flexibility index (Phi) is 6.93. The smallest absolute Gasteiger partial charge is 0.129 e. The Labute approximate surface area is 103 Å². The molecule has 1 heterocycles. The second-order valence-corrected chi connectivity index (χ2v) is 4.21. The van der Waals surface area contributed by atoms with Gasteiger partial charge in [0.25, 0.3) is 0 Å². The second kappa shape index (κ2) is 8.28. The summed E-state index contributed by atoms with van der Waals surface area (Å²) in [5.41, 5.74) is 1.15. The number of hydrogen-bond acceptors (Lipinski definition) is 4. The average molecular weight is 241 g/mol. The summed E-state index contributed by atoms with van der Waals surface area (Å²) in [6, 6.07) is 2.51. The Bertz CT molecular complexity index is 297. The van der Waals surface area contributed by atoms with Crippen molar-refractivity contribution < 1.29 is 13.9 Å². The molecule has 0 saturated carbocycles. The third kappa shape index (κ3) is 6.46. The average Bonchev–Trinajstić information content (AvgIpc) is 2.74. The molecule has 0 bridgehead atoms. The highest BCUT2D eigenvalue weighted by molar-refractivity contribution is 5.12. The van der Waals surface area contributed by atoms with E-state index < -0.39 is 0 Å². The normalized spacial score (nSPS) is 11.3. The van der Waals surface area contributed by atoms with E-state index in [0.29, 0.717) is 25.9 Å². The van der Waals surface area contributed by atoms with Crippen LogP contribution in [0.3, 0.4) is 0 Å². The molecule has 4 nitrogen and oxygen atoms in total. The van der Waals surface area contributed by atoms with Crippen LogP contribution in [0.1, 0.15) is 32.1 Å². The molecule has 0 radical (unpaired) electrons. The van der Waals surface area contributed by atoms with Gasteiger partial charge in [-0.1, -0.05) is 13.8 Å². The van der Waals surface area contributed by atoms with E-state index in [9.17, 15) is 0 Å². The highest BCUT2D eigenvalue weighted by Gasteiger charge is 2.02. The van der Waals surface area contributed by atoms with E-state index in [-0.39, 0.29) is 0 Å². The predicted molar refractivity (Wildman–Crippen MR) is 66.8 cm³/mol. The molecule has 1 aromatic rings. The Hall–Kier alpha value is -0.840. The maximum Gasteiger partial charge on any atom is 0.129 e. The van der Waals surface area contributed by atoms with Crippen LogP contribution in [0.25, 0.3) is 0 Å². The molecule has 1 rings (SSSR count). The molecule has 0 amide bonds. The third-order valence-electron chi connectivity index (χ3n) is 2.24. The van der Waals surface area contributed by atoms with Gasteiger partial charge in [0, 0.05) is 24.8 Å². The lowest BCUT2D eigenvalue weighted by Crippen LogP contribution is -2.21. The number of hydrogen-bond donors (Lipinski definition) is 1. The molecular formula is C13H23NO3. The van der Waals surface area contributed by atoms with Gasteiger partial charge < -0.3 is 19.2 Å². The molecule has 98 valence electrons. The van der Waals surface area contributed by atoms with Crippen LogP contribution in [0.4, 0.5) is 0 Å². The molecule has 0 spiro atoms. The van der Waals surface area contributed by atoms with Crippen molar-refractivity contribution in [1.29, 1.82) is 0 Å². The van der Waals surface area contributed by atoms with Crippen molar-refractivity contribution in [2.24, 2.45) is 0 Å². The molecule has 17 heavy (non-hydrogen) atoms. The first kappa shape index (κ1) is 14.2. The van der Waals surface area contributed by atoms with Gasteiger partial charge in [-0.05, 0) is 13.0 Å². The summed E-state index contributed by atoms with van der Waals surface area (Å²) in [7, 11) is 0. The Balaban J connectivity index is 2.17. The van der Waals surface area contributed by atoms with Gasteiger partial charge in [-0.2, -0.15) is 0 Å². The van der Waals surface area contributed by atoms with Gasteiger partial charge in [0.05, 0.1) is 19.5 Å². The van der Waals surface area contributed by atoms with Gasteiger partial charge in [-0.15, -0.1) is 0 Å². The van der Waals surface area contributed by atoms with Crippen LogP contribution in [0.15, 0.2) is 16.7 Å². The van der Waals surface area contributed by atoms with Crippen LogP contribution >= 0.6 is 0 Å². The minimum Gasteiger partial charge on any atom is -0.467 e. The van der Waals surface area contributed by atoms with Gasteiger partial charge in [0.1, 0.15) is 12.4 Å².